The summed E-state index contributed by atoms with van der Waals surface area (Å²) in [6, 6.07) is 6.96. The summed E-state index contributed by atoms with van der Waals surface area (Å²) in [6.45, 7) is 6.97. The van der Waals surface area contributed by atoms with Crippen molar-refractivity contribution in [1.82, 2.24) is 25.2 Å². The molecule has 0 aliphatic carbocycles. The van der Waals surface area contributed by atoms with Crippen LogP contribution in [0.1, 0.15) is 55.4 Å². The summed E-state index contributed by atoms with van der Waals surface area (Å²) < 4.78 is 7.11. The zero-order chi connectivity index (χ0) is 21.9. The Bertz CT molecular complexity index is 1050. The molecule has 0 bridgehead atoms. The van der Waals surface area contributed by atoms with Crippen LogP contribution in [0.4, 0.5) is 0 Å². The van der Waals surface area contributed by atoms with Crippen LogP contribution in [-0.2, 0) is 17.8 Å². The number of rotatable bonds is 8. The number of para-hydroxylation sites is 1. The van der Waals surface area contributed by atoms with E-state index in [2.05, 4.69) is 20.6 Å². The summed E-state index contributed by atoms with van der Waals surface area (Å²) in [5.41, 5.74) is 11.6. The van der Waals surface area contributed by atoms with E-state index in [1.165, 1.54) is 0 Å². The zero-order valence-corrected chi connectivity index (χ0v) is 17.4. The molecule has 0 saturated heterocycles. The summed E-state index contributed by atoms with van der Waals surface area (Å²) in [7, 11) is 0. The number of hydrogen-bond acceptors (Lipinski definition) is 7. The van der Waals surface area contributed by atoms with Crippen molar-refractivity contribution in [3.8, 4) is 0 Å². The van der Waals surface area contributed by atoms with Gasteiger partial charge in [-0.2, -0.15) is 10.1 Å². The molecule has 1 aromatic carbocycles. The lowest BCUT2D eigenvalue weighted by atomic mass is 9.86. The lowest BCUT2D eigenvalue weighted by Gasteiger charge is -2.28. The molecule has 0 saturated carbocycles. The van der Waals surface area contributed by atoms with E-state index >= 15 is 0 Å². The highest BCUT2D eigenvalue weighted by Gasteiger charge is 2.34. The van der Waals surface area contributed by atoms with Crippen LogP contribution in [-0.4, -0.2) is 38.3 Å². The van der Waals surface area contributed by atoms with Gasteiger partial charge in [-0.05, 0) is 24.4 Å². The maximum absolute atomic E-state index is 13.2. The van der Waals surface area contributed by atoms with Crippen molar-refractivity contribution in [1.29, 1.82) is 0 Å². The van der Waals surface area contributed by atoms with Crippen LogP contribution in [0.2, 0.25) is 0 Å². The Hall–Kier alpha value is -3.27. The van der Waals surface area contributed by atoms with Gasteiger partial charge in [0.25, 0.3) is 5.91 Å². The molecular weight excluding hydrogens is 386 g/mol. The third kappa shape index (κ3) is 4.65. The number of fused-ring (bicyclic) bond motifs is 1. The van der Waals surface area contributed by atoms with Gasteiger partial charge in [0, 0.05) is 11.9 Å². The van der Waals surface area contributed by atoms with Crippen molar-refractivity contribution < 1.29 is 14.1 Å². The van der Waals surface area contributed by atoms with Crippen LogP contribution in [0.25, 0.3) is 10.9 Å². The van der Waals surface area contributed by atoms with E-state index in [-0.39, 0.29) is 24.0 Å². The molecule has 160 valence electrons. The van der Waals surface area contributed by atoms with Gasteiger partial charge in [-0.25, -0.2) is 0 Å². The van der Waals surface area contributed by atoms with Crippen LogP contribution in [0.5, 0.6) is 0 Å². The number of carbonyl (C=O) groups is 2. The number of benzene rings is 1. The van der Waals surface area contributed by atoms with Crippen molar-refractivity contribution in [3.05, 3.63) is 41.7 Å². The molecule has 0 aliphatic heterocycles. The lowest BCUT2D eigenvalue weighted by molar-refractivity contribution is -0.117. The fourth-order valence-corrected chi connectivity index (χ4v) is 3.17. The number of aryl methyl sites for hydroxylation is 1. The van der Waals surface area contributed by atoms with Gasteiger partial charge in [0.1, 0.15) is 6.04 Å². The molecular formula is C20H27N7O3. The number of aromatic nitrogens is 4. The van der Waals surface area contributed by atoms with Crippen molar-refractivity contribution in [3.63, 3.8) is 0 Å². The molecule has 2 heterocycles. The van der Waals surface area contributed by atoms with Gasteiger partial charge in [-0.1, -0.05) is 44.1 Å². The molecule has 10 heteroatoms. The Morgan fingerprint density at radius 1 is 1.27 bits per heavy atom. The van der Waals surface area contributed by atoms with Gasteiger partial charge in [0.05, 0.1) is 11.9 Å². The highest BCUT2D eigenvalue weighted by Crippen LogP contribution is 2.32. The largest absolute Gasteiger partial charge is 0.369 e. The Balaban J connectivity index is 1.91. The molecule has 0 fully saturated rings. The van der Waals surface area contributed by atoms with E-state index in [1.807, 2.05) is 45.0 Å². The van der Waals surface area contributed by atoms with Gasteiger partial charge in [-0.3, -0.25) is 14.3 Å². The summed E-state index contributed by atoms with van der Waals surface area (Å²) in [5, 5.41) is 12.0. The molecule has 1 atom stereocenters. The van der Waals surface area contributed by atoms with Gasteiger partial charge >= 0.3 is 0 Å². The maximum Gasteiger partial charge on any atom is 0.273 e. The summed E-state index contributed by atoms with van der Waals surface area (Å²) in [6.07, 6.45) is 0.618. The number of nitrogens with two attached hydrogens (primary N) is 2. The number of hydrogen-bond donors (Lipinski definition) is 3. The Morgan fingerprint density at radius 3 is 2.67 bits per heavy atom. The van der Waals surface area contributed by atoms with Gasteiger partial charge in [0.2, 0.25) is 11.8 Å². The van der Waals surface area contributed by atoms with Gasteiger partial charge in [0.15, 0.2) is 11.5 Å². The molecule has 0 aliphatic rings. The average molecular weight is 413 g/mol. The smallest absolute Gasteiger partial charge is 0.273 e. The molecule has 0 radical (unpaired) electrons. The highest BCUT2D eigenvalue weighted by molar-refractivity contribution is 6.05. The molecule has 3 aromatic rings. The van der Waals surface area contributed by atoms with E-state index in [0.29, 0.717) is 18.8 Å². The predicted molar refractivity (Wildman–Crippen MR) is 110 cm³/mol. The lowest BCUT2D eigenvalue weighted by Crippen LogP contribution is -2.37. The van der Waals surface area contributed by atoms with Crippen molar-refractivity contribution in [2.75, 3.05) is 6.54 Å². The first-order valence-corrected chi connectivity index (χ1v) is 9.78. The molecule has 5 N–H and O–H groups in total. The second-order valence-electron chi connectivity index (χ2n) is 8.20. The average Bonchev–Trinajstić information content (AvgIpc) is 3.27. The minimum absolute atomic E-state index is 0.134. The summed E-state index contributed by atoms with van der Waals surface area (Å²) >= 11 is 0. The Morgan fingerprint density at radius 2 is 2.00 bits per heavy atom. The molecule has 3 rings (SSSR count). The predicted octanol–water partition coefficient (Wildman–Crippen LogP) is 1.31. The van der Waals surface area contributed by atoms with E-state index in [0.717, 1.165) is 17.3 Å². The molecule has 0 spiro atoms. The van der Waals surface area contributed by atoms with Crippen molar-refractivity contribution in [2.24, 2.45) is 16.9 Å². The normalized spacial score (nSPS) is 12.8. The second kappa shape index (κ2) is 8.62. The second-order valence-corrected chi connectivity index (χ2v) is 8.20. The molecule has 10 nitrogen and oxygen atoms in total. The topological polar surface area (TPSA) is 155 Å². The van der Waals surface area contributed by atoms with Crippen LogP contribution >= 0.6 is 0 Å². The van der Waals surface area contributed by atoms with E-state index in [1.54, 1.807) is 4.68 Å². The number of nitrogens with one attached hydrogen (secondary N) is 1. The number of nitrogens with zero attached hydrogens (tertiary/aromatic N) is 4. The minimum Gasteiger partial charge on any atom is -0.369 e. The fraction of sp³-hybridized carbons (Fsp3) is 0.450. The first-order valence-electron chi connectivity index (χ1n) is 9.78. The molecule has 30 heavy (non-hydrogen) atoms. The SMILES string of the molecule is CC(C)(C)C(NC(=O)c1nn(CCCN)c2ccccc12)c1nc(CC(N)=O)no1. The van der Waals surface area contributed by atoms with Gasteiger partial charge < -0.3 is 21.3 Å². The third-order valence-electron chi connectivity index (χ3n) is 4.65. The molecule has 2 aromatic heterocycles. The number of amides is 2. The quantitative estimate of drug-likeness (QED) is 0.503. The Kier molecular flexibility index (Phi) is 6.16. The zero-order valence-electron chi connectivity index (χ0n) is 17.4. The number of primary amides is 1. The molecule has 2 amide bonds. The van der Waals surface area contributed by atoms with Crippen LogP contribution in [0.15, 0.2) is 28.8 Å². The monoisotopic (exact) mass is 413 g/mol. The van der Waals surface area contributed by atoms with Crippen LogP contribution in [0, 0.1) is 5.41 Å². The van der Waals surface area contributed by atoms with Crippen molar-refractivity contribution >= 4 is 22.7 Å². The standard InChI is InChI=1S/C20H27N7O3/c1-20(2,3)17(19-23-15(26-30-19)11-14(22)28)24-18(29)16-12-7-4-5-8-13(12)27(25-16)10-6-9-21/h4-5,7-8,17H,6,9-11,21H2,1-3H3,(H2,22,28)(H,24,29). The molecule has 1 unspecified atom stereocenters. The number of carbonyl (C=O) groups excluding carboxylic acids is 2. The van der Waals surface area contributed by atoms with E-state index in [9.17, 15) is 9.59 Å². The van der Waals surface area contributed by atoms with Crippen molar-refractivity contribution in [2.45, 2.75) is 46.2 Å². The highest BCUT2D eigenvalue weighted by atomic mass is 16.5. The maximum atomic E-state index is 13.2. The fourth-order valence-electron chi connectivity index (χ4n) is 3.17. The van der Waals surface area contributed by atoms with Crippen LogP contribution < -0.4 is 16.8 Å². The minimum atomic E-state index is -0.591. The van der Waals surface area contributed by atoms with E-state index in [4.69, 9.17) is 16.0 Å². The summed E-state index contributed by atoms with van der Waals surface area (Å²) in [5.74, 6) is -0.531. The summed E-state index contributed by atoms with van der Waals surface area (Å²) in [4.78, 5) is 28.5. The first kappa shape index (κ1) is 21.4. The van der Waals surface area contributed by atoms with Gasteiger partial charge in [-0.15, -0.1) is 0 Å². The Labute approximate surface area is 174 Å². The first-order chi connectivity index (χ1) is 14.2. The third-order valence-corrected chi connectivity index (χ3v) is 4.65. The van der Waals surface area contributed by atoms with Crippen LogP contribution in [0.3, 0.4) is 0 Å². The van der Waals surface area contributed by atoms with E-state index < -0.39 is 17.4 Å².